The largest absolute Gasteiger partial charge is 0.504 e. The summed E-state index contributed by atoms with van der Waals surface area (Å²) >= 11 is 0. The zero-order valence-electron chi connectivity index (χ0n) is 6.42. The van der Waals surface area contributed by atoms with Crippen molar-refractivity contribution >= 4 is 0 Å². The minimum Gasteiger partial charge on any atom is -0.504 e. The van der Waals surface area contributed by atoms with E-state index < -0.39 is 6.43 Å². The third kappa shape index (κ3) is 1.47. The fraction of sp³-hybridized carbons (Fsp3) is 0.250. The van der Waals surface area contributed by atoms with Gasteiger partial charge in [-0.05, 0) is 12.1 Å². The fourth-order valence-corrected chi connectivity index (χ4v) is 0.936. The lowest BCUT2D eigenvalue weighted by molar-refractivity contribution is 0.146. The van der Waals surface area contributed by atoms with E-state index in [9.17, 15) is 8.78 Å². The summed E-state index contributed by atoms with van der Waals surface area (Å²) in [7, 11) is 1.24. The van der Waals surface area contributed by atoms with Crippen molar-refractivity contribution in [3.8, 4) is 11.5 Å². The first-order chi connectivity index (χ1) is 5.66. The molecule has 2 nitrogen and oxygen atoms in total. The Bertz CT molecular complexity index is 274. The fourth-order valence-electron chi connectivity index (χ4n) is 0.936. The second-order valence-corrected chi connectivity index (χ2v) is 2.20. The molecule has 0 spiro atoms. The molecule has 0 amide bonds. The topological polar surface area (TPSA) is 29.5 Å². The number of hydrogen-bond acceptors (Lipinski definition) is 2. The average molecular weight is 174 g/mol. The van der Waals surface area contributed by atoms with Gasteiger partial charge in [-0.15, -0.1) is 0 Å². The number of rotatable bonds is 2. The van der Waals surface area contributed by atoms with Crippen LogP contribution in [0.15, 0.2) is 18.2 Å². The minimum atomic E-state index is -2.63. The van der Waals surface area contributed by atoms with Gasteiger partial charge in [-0.1, -0.05) is 6.07 Å². The summed E-state index contributed by atoms with van der Waals surface area (Å²) in [5.41, 5.74) is -0.294. The number of hydrogen-bond donors (Lipinski definition) is 1. The Morgan fingerprint density at radius 1 is 1.42 bits per heavy atom. The van der Waals surface area contributed by atoms with Gasteiger partial charge in [0.2, 0.25) is 0 Å². The summed E-state index contributed by atoms with van der Waals surface area (Å²) in [5, 5.41) is 9.08. The summed E-state index contributed by atoms with van der Waals surface area (Å²) in [6.45, 7) is 0. The smallest absolute Gasteiger partial charge is 0.267 e. The van der Waals surface area contributed by atoms with Crippen LogP contribution in [0.1, 0.15) is 12.0 Å². The van der Waals surface area contributed by atoms with Crippen LogP contribution in [0.4, 0.5) is 8.78 Å². The maximum Gasteiger partial charge on any atom is 0.267 e. The van der Waals surface area contributed by atoms with Crippen molar-refractivity contribution in [2.45, 2.75) is 6.43 Å². The number of aromatic hydroxyl groups is 1. The molecule has 0 aliphatic heterocycles. The van der Waals surface area contributed by atoms with Gasteiger partial charge in [0, 0.05) is 0 Å². The number of methoxy groups -OCH3 is 1. The van der Waals surface area contributed by atoms with Crippen LogP contribution in [0.2, 0.25) is 0 Å². The number of alkyl halides is 2. The normalized spacial score (nSPS) is 10.3. The number of ether oxygens (including phenoxy) is 1. The lowest BCUT2D eigenvalue weighted by Gasteiger charge is -2.08. The molecule has 0 radical (unpaired) electrons. The monoisotopic (exact) mass is 174 g/mol. The quantitative estimate of drug-likeness (QED) is 0.745. The molecule has 12 heavy (non-hydrogen) atoms. The molecule has 0 aliphatic carbocycles. The van der Waals surface area contributed by atoms with Crippen molar-refractivity contribution in [2.24, 2.45) is 0 Å². The third-order valence-electron chi connectivity index (χ3n) is 1.46. The second kappa shape index (κ2) is 3.38. The highest BCUT2D eigenvalue weighted by Gasteiger charge is 2.15. The van der Waals surface area contributed by atoms with Gasteiger partial charge in [0.25, 0.3) is 6.43 Å². The second-order valence-electron chi connectivity index (χ2n) is 2.20. The molecule has 0 unspecified atom stereocenters. The van der Waals surface area contributed by atoms with E-state index in [4.69, 9.17) is 5.11 Å². The van der Waals surface area contributed by atoms with Gasteiger partial charge in [0.05, 0.1) is 12.7 Å². The molecule has 0 aliphatic rings. The highest BCUT2D eigenvalue weighted by Crippen LogP contribution is 2.35. The molecular formula is C8H8F2O2. The van der Waals surface area contributed by atoms with Crippen molar-refractivity contribution in [3.05, 3.63) is 23.8 Å². The molecule has 1 aromatic carbocycles. The maximum atomic E-state index is 12.2. The Morgan fingerprint density at radius 2 is 2.08 bits per heavy atom. The van der Waals surface area contributed by atoms with Crippen LogP contribution in [0.5, 0.6) is 11.5 Å². The van der Waals surface area contributed by atoms with Crippen molar-refractivity contribution in [1.29, 1.82) is 0 Å². The van der Waals surface area contributed by atoms with Crippen LogP contribution >= 0.6 is 0 Å². The molecule has 0 atom stereocenters. The molecule has 66 valence electrons. The van der Waals surface area contributed by atoms with Crippen molar-refractivity contribution in [1.82, 2.24) is 0 Å². The Balaban J connectivity index is 3.18. The van der Waals surface area contributed by atoms with Crippen molar-refractivity contribution in [3.63, 3.8) is 0 Å². The van der Waals surface area contributed by atoms with E-state index in [0.29, 0.717) is 0 Å². The Morgan fingerprint density at radius 3 is 2.50 bits per heavy atom. The standard InChI is InChI=1S/C8H8F2O2/c1-12-7-5(8(9)10)3-2-4-6(7)11/h2-4,8,11H,1H3. The minimum absolute atomic E-state index is 0.160. The van der Waals surface area contributed by atoms with E-state index in [-0.39, 0.29) is 17.1 Å². The van der Waals surface area contributed by atoms with E-state index in [1.165, 1.54) is 25.3 Å². The summed E-state index contributed by atoms with van der Waals surface area (Å²) in [5.74, 6) is -0.428. The van der Waals surface area contributed by atoms with Gasteiger partial charge in [-0.2, -0.15) is 0 Å². The lowest BCUT2D eigenvalue weighted by Crippen LogP contribution is -1.92. The molecular weight excluding hydrogens is 166 g/mol. The summed E-state index contributed by atoms with van der Waals surface area (Å²) < 4.78 is 29.0. The van der Waals surface area contributed by atoms with Gasteiger partial charge >= 0.3 is 0 Å². The number of halogens is 2. The molecule has 1 aromatic rings. The number of benzene rings is 1. The molecule has 4 heteroatoms. The molecule has 0 saturated heterocycles. The van der Waals surface area contributed by atoms with E-state index in [0.717, 1.165) is 0 Å². The number of phenols is 1. The molecule has 1 N–H and O–H groups in total. The van der Waals surface area contributed by atoms with Gasteiger partial charge in [-0.3, -0.25) is 0 Å². The third-order valence-corrected chi connectivity index (χ3v) is 1.46. The zero-order valence-corrected chi connectivity index (χ0v) is 6.42. The Hall–Kier alpha value is -1.32. The first-order valence-electron chi connectivity index (χ1n) is 3.31. The summed E-state index contributed by atoms with van der Waals surface area (Å²) in [6.07, 6.45) is -2.63. The lowest BCUT2D eigenvalue weighted by atomic mass is 10.2. The highest BCUT2D eigenvalue weighted by atomic mass is 19.3. The first-order valence-corrected chi connectivity index (χ1v) is 3.31. The molecule has 0 bridgehead atoms. The van der Waals surface area contributed by atoms with Gasteiger partial charge < -0.3 is 9.84 Å². The predicted molar refractivity (Wildman–Crippen MR) is 39.6 cm³/mol. The van der Waals surface area contributed by atoms with Crippen LogP contribution in [0.3, 0.4) is 0 Å². The first kappa shape index (κ1) is 8.77. The van der Waals surface area contributed by atoms with Gasteiger partial charge in [0.1, 0.15) is 0 Å². The van der Waals surface area contributed by atoms with Gasteiger partial charge in [0.15, 0.2) is 11.5 Å². The zero-order chi connectivity index (χ0) is 9.14. The average Bonchev–Trinajstić information content (AvgIpc) is 2.03. The number of phenolic OH excluding ortho intramolecular Hbond substituents is 1. The Kier molecular flexibility index (Phi) is 2.47. The molecule has 0 heterocycles. The van der Waals surface area contributed by atoms with Crippen LogP contribution < -0.4 is 4.74 Å². The van der Waals surface area contributed by atoms with Crippen molar-refractivity contribution < 1.29 is 18.6 Å². The predicted octanol–water partition coefficient (Wildman–Crippen LogP) is 2.34. The maximum absolute atomic E-state index is 12.2. The molecule has 1 rings (SSSR count). The van der Waals surface area contributed by atoms with Crippen LogP contribution in [-0.4, -0.2) is 12.2 Å². The summed E-state index contributed by atoms with van der Waals surface area (Å²) in [6, 6.07) is 3.85. The Labute approximate surface area is 68.4 Å². The SMILES string of the molecule is COc1c(O)cccc1C(F)F. The van der Waals surface area contributed by atoms with Crippen LogP contribution in [0, 0.1) is 0 Å². The van der Waals surface area contributed by atoms with E-state index in [2.05, 4.69) is 4.74 Å². The van der Waals surface area contributed by atoms with Gasteiger partial charge in [-0.25, -0.2) is 8.78 Å². The summed E-state index contributed by atoms with van der Waals surface area (Å²) in [4.78, 5) is 0. The molecule has 0 aromatic heterocycles. The van der Waals surface area contributed by atoms with E-state index in [1.807, 2.05) is 0 Å². The molecule has 0 fully saturated rings. The van der Waals surface area contributed by atoms with E-state index >= 15 is 0 Å². The molecule has 0 saturated carbocycles. The highest BCUT2D eigenvalue weighted by molar-refractivity contribution is 5.46. The number of para-hydroxylation sites is 1. The van der Waals surface area contributed by atoms with Crippen LogP contribution in [-0.2, 0) is 0 Å². The van der Waals surface area contributed by atoms with Crippen molar-refractivity contribution in [2.75, 3.05) is 7.11 Å². The van der Waals surface area contributed by atoms with E-state index in [1.54, 1.807) is 0 Å². The van der Waals surface area contributed by atoms with Crippen LogP contribution in [0.25, 0.3) is 0 Å².